The number of amides is 3. The first-order chi connectivity index (χ1) is 10.1. The number of alkyl halides is 1. The molecule has 1 unspecified atom stereocenters. The highest BCUT2D eigenvalue weighted by Gasteiger charge is 2.53. The van der Waals surface area contributed by atoms with E-state index in [4.69, 9.17) is 5.73 Å². The standard InChI is InChI=1S/C15H24FN3O3/c1-14(2,3)10(18-13(22)15(16)6-7-15)12(21)19-8-4-5-9(19)11(17)20/h9-10H,4-8H2,1-3H3,(H2,17,20)(H,18,22)/t9?,10-/m1/s1. The van der Waals surface area contributed by atoms with Crippen LogP contribution in [0.1, 0.15) is 46.5 Å². The number of hydrogen-bond acceptors (Lipinski definition) is 3. The van der Waals surface area contributed by atoms with Crippen molar-refractivity contribution in [1.82, 2.24) is 10.2 Å². The van der Waals surface area contributed by atoms with Crippen LogP contribution in [0, 0.1) is 5.41 Å². The maximum absolute atomic E-state index is 13.9. The lowest BCUT2D eigenvalue weighted by Gasteiger charge is -2.35. The Morgan fingerprint density at radius 2 is 1.91 bits per heavy atom. The van der Waals surface area contributed by atoms with E-state index in [1.54, 1.807) is 20.8 Å². The summed E-state index contributed by atoms with van der Waals surface area (Å²) in [5.41, 5.74) is 2.91. The lowest BCUT2D eigenvalue weighted by atomic mass is 9.85. The Kier molecular flexibility index (Phi) is 4.19. The number of likely N-dealkylation sites (tertiary alicyclic amines) is 1. The van der Waals surface area contributed by atoms with Gasteiger partial charge < -0.3 is 16.0 Å². The summed E-state index contributed by atoms with van der Waals surface area (Å²) in [6.07, 6.45) is 1.60. The van der Waals surface area contributed by atoms with Gasteiger partial charge in [0.2, 0.25) is 11.8 Å². The first-order valence-electron chi connectivity index (χ1n) is 7.66. The molecule has 7 heteroatoms. The largest absolute Gasteiger partial charge is 0.368 e. The smallest absolute Gasteiger partial charge is 0.258 e. The molecular weight excluding hydrogens is 289 g/mol. The molecule has 1 heterocycles. The van der Waals surface area contributed by atoms with E-state index < -0.39 is 35.0 Å². The van der Waals surface area contributed by atoms with Crippen LogP contribution in [0.3, 0.4) is 0 Å². The molecule has 2 aliphatic rings. The van der Waals surface area contributed by atoms with E-state index >= 15 is 0 Å². The third-order valence-corrected chi connectivity index (χ3v) is 4.35. The zero-order valence-electron chi connectivity index (χ0n) is 13.3. The molecule has 2 atom stereocenters. The predicted octanol–water partition coefficient (Wildman–Crippen LogP) is 0.496. The summed E-state index contributed by atoms with van der Waals surface area (Å²) >= 11 is 0. The molecule has 2 rings (SSSR count). The van der Waals surface area contributed by atoms with Gasteiger partial charge in [0.05, 0.1) is 0 Å². The molecule has 3 N–H and O–H groups in total. The van der Waals surface area contributed by atoms with Gasteiger partial charge in [0, 0.05) is 6.54 Å². The zero-order chi connectivity index (χ0) is 16.7. The van der Waals surface area contributed by atoms with Gasteiger partial charge in [-0.3, -0.25) is 14.4 Å². The Labute approximate surface area is 129 Å². The van der Waals surface area contributed by atoms with Crippen LogP contribution >= 0.6 is 0 Å². The summed E-state index contributed by atoms with van der Waals surface area (Å²) in [6.45, 7) is 5.81. The molecule has 0 aromatic carbocycles. The second kappa shape index (κ2) is 5.52. The van der Waals surface area contributed by atoms with Crippen molar-refractivity contribution in [1.29, 1.82) is 0 Å². The molecule has 1 saturated carbocycles. The monoisotopic (exact) mass is 313 g/mol. The minimum absolute atomic E-state index is 0.192. The molecule has 0 radical (unpaired) electrons. The highest BCUT2D eigenvalue weighted by molar-refractivity contribution is 5.95. The molecule has 1 aliphatic heterocycles. The summed E-state index contributed by atoms with van der Waals surface area (Å²) in [4.78, 5) is 37.6. The molecule has 1 aliphatic carbocycles. The van der Waals surface area contributed by atoms with E-state index in [2.05, 4.69) is 5.32 Å². The first-order valence-corrected chi connectivity index (χ1v) is 7.66. The van der Waals surface area contributed by atoms with Crippen molar-refractivity contribution >= 4 is 17.7 Å². The predicted molar refractivity (Wildman–Crippen MR) is 78.4 cm³/mol. The van der Waals surface area contributed by atoms with Crippen molar-refractivity contribution in [3.63, 3.8) is 0 Å². The van der Waals surface area contributed by atoms with Gasteiger partial charge in [-0.05, 0) is 31.1 Å². The van der Waals surface area contributed by atoms with Gasteiger partial charge in [0.25, 0.3) is 5.91 Å². The van der Waals surface area contributed by atoms with Crippen LogP contribution in [0.2, 0.25) is 0 Å². The summed E-state index contributed by atoms with van der Waals surface area (Å²) in [5.74, 6) is -1.66. The van der Waals surface area contributed by atoms with Crippen molar-refractivity contribution in [3.8, 4) is 0 Å². The average Bonchev–Trinajstić information content (AvgIpc) is 2.97. The lowest BCUT2D eigenvalue weighted by molar-refractivity contribution is -0.144. The summed E-state index contributed by atoms with van der Waals surface area (Å²) in [5, 5.41) is 2.54. The van der Waals surface area contributed by atoms with E-state index in [-0.39, 0.29) is 18.7 Å². The van der Waals surface area contributed by atoms with E-state index in [9.17, 15) is 18.8 Å². The molecule has 6 nitrogen and oxygen atoms in total. The van der Waals surface area contributed by atoms with Gasteiger partial charge in [-0.15, -0.1) is 0 Å². The number of nitrogens with two attached hydrogens (primary N) is 1. The minimum atomic E-state index is -1.84. The molecule has 22 heavy (non-hydrogen) atoms. The fraction of sp³-hybridized carbons (Fsp3) is 0.800. The minimum Gasteiger partial charge on any atom is -0.368 e. The zero-order valence-corrected chi connectivity index (χ0v) is 13.3. The van der Waals surface area contributed by atoms with Gasteiger partial charge in [-0.1, -0.05) is 20.8 Å². The normalized spacial score (nSPS) is 24.7. The molecular formula is C15H24FN3O3. The topological polar surface area (TPSA) is 92.5 Å². The number of nitrogens with one attached hydrogen (secondary N) is 1. The summed E-state index contributed by atoms with van der Waals surface area (Å²) < 4.78 is 13.9. The van der Waals surface area contributed by atoms with Gasteiger partial charge in [-0.25, -0.2) is 4.39 Å². The van der Waals surface area contributed by atoms with Gasteiger partial charge in [0.15, 0.2) is 5.67 Å². The van der Waals surface area contributed by atoms with Gasteiger partial charge >= 0.3 is 0 Å². The lowest BCUT2D eigenvalue weighted by Crippen LogP contribution is -2.58. The van der Waals surface area contributed by atoms with Crippen LogP contribution in [-0.2, 0) is 14.4 Å². The number of nitrogens with zero attached hydrogens (tertiary/aromatic N) is 1. The highest BCUT2D eigenvalue weighted by Crippen LogP contribution is 2.40. The second-order valence-corrected chi connectivity index (χ2v) is 7.33. The maximum atomic E-state index is 13.9. The van der Waals surface area contributed by atoms with E-state index in [0.29, 0.717) is 19.4 Å². The van der Waals surface area contributed by atoms with Crippen molar-refractivity contribution in [3.05, 3.63) is 0 Å². The van der Waals surface area contributed by atoms with E-state index in [1.165, 1.54) is 4.90 Å². The summed E-state index contributed by atoms with van der Waals surface area (Å²) in [6, 6.07) is -1.53. The molecule has 0 aromatic heterocycles. The quantitative estimate of drug-likeness (QED) is 0.791. The van der Waals surface area contributed by atoms with Crippen LogP contribution in [0.4, 0.5) is 4.39 Å². The fourth-order valence-corrected chi connectivity index (χ4v) is 2.74. The van der Waals surface area contributed by atoms with Crippen LogP contribution in [0.15, 0.2) is 0 Å². The summed E-state index contributed by atoms with van der Waals surface area (Å²) in [7, 11) is 0. The van der Waals surface area contributed by atoms with Crippen LogP contribution in [0.5, 0.6) is 0 Å². The van der Waals surface area contributed by atoms with Crippen molar-refractivity contribution in [2.24, 2.45) is 11.1 Å². The number of hydrogen-bond donors (Lipinski definition) is 2. The Hall–Kier alpha value is -1.66. The average molecular weight is 313 g/mol. The molecule has 0 spiro atoms. The Bertz CT molecular complexity index is 497. The fourth-order valence-electron chi connectivity index (χ4n) is 2.74. The SMILES string of the molecule is CC(C)(C)[C@H](NC(=O)C1(F)CC1)C(=O)N1CCCC1C(N)=O. The maximum Gasteiger partial charge on any atom is 0.258 e. The number of carbonyl (C=O) groups is 3. The van der Waals surface area contributed by atoms with Gasteiger partial charge in [0.1, 0.15) is 12.1 Å². The number of rotatable bonds is 4. The number of halogens is 1. The van der Waals surface area contributed by atoms with Crippen LogP contribution in [0.25, 0.3) is 0 Å². The Morgan fingerprint density at radius 3 is 2.36 bits per heavy atom. The molecule has 0 bridgehead atoms. The van der Waals surface area contributed by atoms with E-state index in [0.717, 1.165) is 0 Å². The van der Waals surface area contributed by atoms with Crippen molar-refractivity contribution in [2.45, 2.75) is 64.2 Å². The van der Waals surface area contributed by atoms with Crippen molar-refractivity contribution < 1.29 is 18.8 Å². The third-order valence-electron chi connectivity index (χ3n) is 4.35. The Morgan fingerprint density at radius 1 is 1.32 bits per heavy atom. The molecule has 2 fully saturated rings. The first kappa shape index (κ1) is 16.7. The molecule has 1 saturated heterocycles. The number of carbonyl (C=O) groups excluding carboxylic acids is 3. The molecule has 3 amide bonds. The van der Waals surface area contributed by atoms with Crippen molar-refractivity contribution in [2.75, 3.05) is 6.54 Å². The highest BCUT2D eigenvalue weighted by atomic mass is 19.1. The molecule has 0 aromatic rings. The Balaban J connectivity index is 2.16. The number of primary amides is 1. The molecule has 124 valence electrons. The van der Waals surface area contributed by atoms with Crippen LogP contribution in [-0.4, -0.2) is 46.9 Å². The van der Waals surface area contributed by atoms with Gasteiger partial charge in [-0.2, -0.15) is 0 Å². The second-order valence-electron chi connectivity index (χ2n) is 7.33. The van der Waals surface area contributed by atoms with E-state index in [1.807, 2.05) is 0 Å². The van der Waals surface area contributed by atoms with Crippen LogP contribution < -0.4 is 11.1 Å². The third kappa shape index (κ3) is 3.23.